The van der Waals surface area contributed by atoms with Crippen molar-refractivity contribution in [2.45, 2.75) is 39.5 Å². The van der Waals surface area contributed by atoms with Gasteiger partial charge in [-0.05, 0) is 28.7 Å². The van der Waals surface area contributed by atoms with Gasteiger partial charge in [-0.2, -0.15) is 0 Å². The molecular weight excluding hydrogens is 416 g/mol. The van der Waals surface area contributed by atoms with E-state index in [2.05, 4.69) is 16.0 Å². The number of carbonyl (C=O) groups excluding carboxylic acids is 2. The van der Waals surface area contributed by atoms with Crippen LogP contribution in [0.5, 0.6) is 0 Å². The summed E-state index contributed by atoms with van der Waals surface area (Å²) >= 11 is 0. The largest absolute Gasteiger partial charge is 0.350 e. The number of rotatable bonds is 9. The van der Waals surface area contributed by atoms with Crippen LogP contribution in [-0.4, -0.2) is 22.5 Å². The molecule has 0 saturated carbocycles. The smallest absolute Gasteiger partial charge is 0.315 e. The molecule has 0 spiro atoms. The second-order valence-corrected chi connectivity index (χ2v) is 8.24. The Balaban J connectivity index is 1.50. The van der Waals surface area contributed by atoms with Crippen molar-refractivity contribution in [2.75, 3.05) is 0 Å². The summed E-state index contributed by atoms with van der Waals surface area (Å²) in [7, 11) is 0. The molecule has 0 aliphatic rings. The van der Waals surface area contributed by atoms with Gasteiger partial charge in [-0.1, -0.05) is 74.5 Å². The van der Waals surface area contributed by atoms with Crippen molar-refractivity contribution in [3.05, 3.63) is 106 Å². The van der Waals surface area contributed by atoms with E-state index in [1.165, 1.54) is 6.07 Å². The summed E-state index contributed by atoms with van der Waals surface area (Å²) in [5, 5.41) is 8.46. The fourth-order valence-electron chi connectivity index (χ4n) is 3.36. The van der Waals surface area contributed by atoms with Crippen LogP contribution in [0, 0.1) is 5.92 Å². The van der Waals surface area contributed by atoms with E-state index in [1.54, 1.807) is 16.8 Å². The molecule has 3 aromatic rings. The van der Waals surface area contributed by atoms with Crippen molar-refractivity contribution in [2.24, 2.45) is 5.92 Å². The summed E-state index contributed by atoms with van der Waals surface area (Å²) in [5.74, 6) is -0.307. The molecule has 7 heteroatoms. The molecule has 0 fully saturated rings. The summed E-state index contributed by atoms with van der Waals surface area (Å²) in [5.41, 5.74) is 2.87. The van der Waals surface area contributed by atoms with Crippen LogP contribution >= 0.6 is 0 Å². The molecule has 1 heterocycles. The number of pyridine rings is 1. The first-order chi connectivity index (χ1) is 15.9. The van der Waals surface area contributed by atoms with Crippen LogP contribution in [0.4, 0.5) is 4.79 Å². The Hall–Kier alpha value is -3.87. The zero-order chi connectivity index (χ0) is 23.6. The number of nitrogens with one attached hydrogen (secondary N) is 3. The maximum Gasteiger partial charge on any atom is 0.315 e. The molecule has 0 bridgehead atoms. The summed E-state index contributed by atoms with van der Waals surface area (Å²) in [6, 6.07) is 21.4. The maximum absolute atomic E-state index is 12.7. The molecule has 0 saturated heterocycles. The molecular formula is C26H30N4O3. The van der Waals surface area contributed by atoms with Gasteiger partial charge in [0.25, 0.3) is 5.56 Å². The first kappa shape index (κ1) is 23.8. The average Bonchev–Trinajstić information content (AvgIpc) is 2.82. The fraction of sp³-hybridized carbons (Fsp3) is 0.269. The Labute approximate surface area is 193 Å². The van der Waals surface area contributed by atoms with Crippen molar-refractivity contribution in [1.29, 1.82) is 0 Å². The third-order valence-electron chi connectivity index (χ3n) is 5.27. The van der Waals surface area contributed by atoms with Crippen molar-refractivity contribution in [1.82, 2.24) is 20.5 Å². The summed E-state index contributed by atoms with van der Waals surface area (Å²) in [4.78, 5) is 36.9. The van der Waals surface area contributed by atoms with Gasteiger partial charge < -0.3 is 20.5 Å². The highest BCUT2D eigenvalue weighted by atomic mass is 16.2. The molecule has 1 aromatic heterocycles. The highest BCUT2D eigenvalue weighted by Gasteiger charge is 2.23. The van der Waals surface area contributed by atoms with Crippen LogP contribution in [-0.2, 0) is 24.4 Å². The van der Waals surface area contributed by atoms with Crippen LogP contribution in [0.3, 0.4) is 0 Å². The second-order valence-electron chi connectivity index (χ2n) is 8.24. The third-order valence-corrected chi connectivity index (χ3v) is 5.27. The van der Waals surface area contributed by atoms with Crippen molar-refractivity contribution in [3.63, 3.8) is 0 Å². The zero-order valence-electron chi connectivity index (χ0n) is 19.0. The standard InChI is InChI=1S/C26H30N4O3/c1-19(2)24(29-26(33)28-17-20-8-4-3-5-9-20)25(32)27-16-21-11-13-22(14-12-21)18-30-15-7-6-10-23(30)31/h3-15,19,24H,16-18H2,1-2H3,(H,27,32)(H2,28,29,33). The molecule has 33 heavy (non-hydrogen) atoms. The van der Waals surface area contributed by atoms with E-state index in [-0.39, 0.29) is 23.4 Å². The van der Waals surface area contributed by atoms with Crippen LogP contribution in [0.2, 0.25) is 0 Å². The molecule has 1 atom stereocenters. The average molecular weight is 447 g/mol. The Morgan fingerprint density at radius 2 is 1.39 bits per heavy atom. The Morgan fingerprint density at radius 1 is 0.788 bits per heavy atom. The Bertz CT molecular complexity index is 1110. The lowest BCUT2D eigenvalue weighted by Gasteiger charge is -2.22. The molecule has 172 valence electrons. The van der Waals surface area contributed by atoms with Crippen LogP contribution in [0.25, 0.3) is 0 Å². The van der Waals surface area contributed by atoms with Gasteiger partial charge in [0.15, 0.2) is 0 Å². The summed E-state index contributed by atoms with van der Waals surface area (Å²) < 4.78 is 1.64. The molecule has 2 aromatic carbocycles. The minimum absolute atomic E-state index is 0.0473. The highest BCUT2D eigenvalue weighted by Crippen LogP contribution is 2.07. The van der Waals surface area contributed by atoms with Gasteiger partial charge in [-0.25, -0.2) is 4.79 Å². The van der Waals surface area contributed by atoms with Crippen LogP contribution < -0.4 is 21.5 Å². The first-order valence-electron chi connectivity index (χ1n) is 11.0. The molecule has 0 radical (unpaired) electrons. The number of aromatic nitrogens is 1. The van der Waals surface area contributed by atoms with E-state index in [1.807, 2.05) is 74.5 Å². The lowest BCUT2D eigenvalue weighted by atomic mass is 10.0. The normalized spacial score (nSPS) is 11.6. The quantitative estimate of drug-likeness (QED) is 0.472. The number of benzene rings is 2. The Kier molecular flexibility index (Phi) is 8.41. The number of carbonyl (C=O) groups is 2. The lowest BCUT2D eigenvalue weighted by molar-refractivity contribution is -0.124. The van der Waals surface area contributed by atoms with Gasteiger partial charge >= 0.3 is 6.03 Å². The number of amides is 3. The van der Waals surface area contributed by atoms with E-state index >= 15 is 0 Å². The van der Waals surface area contributed by atoms with E-state index in [0.717, 1.165) is 16.7 Å². The summed E-state index contributed by atoms with van der Waals surface area (Å²) in [6.07, 6.45) is 1.76. The molecule has 3 amide bonds. The number of urea groups is 1. The van der Waals surface area contributed by atoms with E-state index < -0.39 is 6.04 Å². The molecule has 0 aliphatic carbocycles. The summed E-state index contributed by atoms with van der Waals surface area (Å²) in [6.45, 7) is 5.01. The van der Waals surface area contributed by atoms with Crippen molar-refractivity contribution in [3.8, 4) is 0 Å². The van der Waals surface area contributed by atoms with Crippen molar-refractivity contribution >= 4 is 11.9 Å². The van der Waals surface area contributed by atoms with E-state index in [4.69, 9.17) is 0 Å². The minimum Gasteiger partial charge on any atom is -0.350 e. The fourth-order valence-corrected chi connectivity index (χ4v) is 3.36. The van der Waals surface area contributed by atoms with Gasteiger partial charge in [0.2, 0.25) is 5.91 Å². The predicted octanol–water partition coefficient (Wildman–Crippen LogP) is 3.04. The maximum atomic E-state index is 12.7. The van der Waals surface area contributed by atoms with Gasteiger partial charge in [0.1, 0.15) is 6.04 Å². The SMILES string of the molecule is CC(C)C(NC(=O)NCc1ccccc1)C(=O)NCc1ccc(Cn2ccccc2=O)cc1. The van der Waals surface area contributed by atoms with Gasteiger partial charge in [0.05, 0.1) is 6.54 Å². The topological polar surface area (TPSA) is 92.2 Å². The van der Waals surface area contributed by atoms with Crippen LogP contribution in [0.1, 0.15) is 30.5 Å². The minimum atomic E-state index is -0.648. The van der Waals surface area contributed by atoms with Gasteiger partial charge in [-0.3, -0.25) is 9.59 Å². The monoisotopic (exact) mass is 446 g/mol. The van der Waals surface area contributed by atoms with Gasteiger partial charge in [-0.15, -0.1) is 0 Å². The zero-order valence-corrected chi connectivity index (χ0v) is 19.0. The Morgan fingerprint density at radius 3 is 2.06 bits per heavy atom. The third kappa shape index (κ3) is 7.35. The van der Waals surface area contributed by atoms with Gasteiger partial charge in [0, 0.05) is 25.4 Å². The van der Waals surface area contributed by atoms with E-state index in [9.17, 15) is 14.4 Å². The van der Waals surface area contributed by atoms with E-state index in [0.29, 0.717) is 19.6 Å². The first-order valence-corrected chi connectivity index (χ1v) is 11.0. The molecule has 1 unspecified atom stereocenters. The van der Waals surface area contributed by atoms with Crippen molar-refractivity contribution < 1.29 is 9.59 Å². The molecule has 3 N–H and O–H groups in total. The highest BCUT2D eigenvalue weighted by molar-refractivity contribution is 5.87. The second kappa shape index (κ2) is 11.7. The molecule has 0 aliphatic heterocycles. The number of nitrogens with zero attached hydrogens (tertiary/aromatic N) is 1. The van der Waals surface area contributed by atoms with Crippen LogP contribution in [0.15, 0.2) is 83.8 Å². The lowest BCUT2D eigenvalue weighted by Crippen LogP contribution is -2.52. The molecule has 3 rings (SSSR count). The predicted molar refractivity (Wildman–Crippen MR) is 129 cm³/mol. The number of hydrogen-bond acceptors (Lipinski definition) is 3. The molecule has 7 nitrogen and oxygen atoms in total. The number of hydrogen-bond donors (Lipinski definition) is 3.